The minimum absolute atomic E-state index is 0.215. The fourth-order valence-electron chi connectivity index (χ4n) is 2.00. The van der Waals surface area contributed by atoms with Gasteiger partial charge in [0, 0.05) is 6.42 Å². The Labute approximate surface area is 119 Å². The van der Waals surface area contributed by atoms with Gasteiger partial charge in [-0.2, -0.15) is 0 Å². The van der Waals surface area contributed by atoms with E-state index in [2.05, 4.69) is 5.32 Å². The van der Waals surface area contributed by atoms with Crippen LogP contribution in [0.5, 0.6) is 0 Å². The lowest BCUT2D eigenvalue weighted by Gasteiger charge is -2.18. The van der Waals surface area contributed by atoms with Crippen molar-refractivity contribution in [1.29, 1.82) is 0 Å². The van der Waals surface area contributed by atoms with Crippen LogP contribution in [0.4, 0.5) is 0 Å². The van der Waals surface area contributed by atoms with E-state index in [4.69, 9.17) is 0 Å². The van der Waals surface area contributed by atoms with E-state index in [1.807, 2.05) is 49.2 Å². The van der Waals surface area contributed by atoms with E-state index in [1.165, 1.54) is 0 Å². The summed E-state index contributed by atoms with van der Waals surface area (Å²) in [5.74, 6) is -1.27. The second-order valence-electron chi connectivity index (χ2n) is 4.89. The number of carboxylic acid groups (broad SMARTS) is 1. The number of nitrogens with zero attached hydrogens (tertiary/aromatic N) is 1. The second kappa shape index (κ2) is 8.32. The van der Waals surface area contributed by atoms with Crippen molar-refractivity contribution < 1.29 is 14.7 Å². The summed E-state index contributed by atoms with van der Waals surface area (Å²) in [6, 6.07) is 8.39. The Bertz CT molecular complexity index is 434. The first-order chi connectivity index (χ1) is 9.52. The Balaban J connectivity index is 2.55. The zero-order chi connectivity index (χ0) is 15.0. The van der Waals surface area contributed by atoms with Gasteiger partial charge in [-0.25, -0.2) is 4.79 Å². The predicted octanol–water partition coefficient (Wildman–Crippen LogP) is 1.14. The van der Waals surface area contributed by atoms with Gasteiger partial charge in [-0.1, -0.05) is 37.3 Å². The first-order valence-electron chi connectivity index (χ1n) is 6.77. The Hall–Kier alpha value is -1.88. The van der Waals surface area contributed by atoms with Crippen LogP contribution in [0, 0.1) is 0 Å². The molecule has 1 rings (SSSR count). The number of hydrogen-bond acceptors (Lipinski definition) is 3. The molecule has 0 fully saturated rings. The van der Waals surface area contributed by atoms with E-state index in [-0.39, 0.29) is 12.5 Å². The summed E-state index contributed by atoms with van der Waals surface area (Å²) in [6.07, 6.45) is 1.25. The van der Waals surface area contributed by atoms with Crippen molar-refractivity contribution in [2.24, 2.45) is 0 Å². The summed E-state index contributed by atoms with van der Waals surface area (Å²) >= 11 is 0. The summed E-state index contributed by atoms with van der Waals surface area (Å²) in [4.78, 5) is 24.9. The van der Waals surface area contributed by atoms with E-state index >= 15 is 0 Å². The quantitative estimate of drug-likeness (QED) is 0.748. The molecule has 20 heavy (non-hydrogen) atoms. The van der Waals surface area contributed by atoms with Crippen LogP contribution in [0.2, 0.25) is 0 Å². The van der Waals surface area contributed by atoms with Gasteiger partial charge in [0.1, 0.15) is 6.04 Å². The molecule has 0 radical (unpaired) electrons. The molecule has 1 aromatic rings. The number of carbonyl (C=O) groups is 2. The zero-order valence-corrected chi connectivity index (χ0v) is 12.0. The van der Waals surface area contributed by atoms with Gasteiger partial charge in [-0.15, -0.1) is 0 Å². The van der Waals surface area contributed by atoms with Crippen LogP contribution < -0.4 is 5.32 Å². The number of rotatable bonds is 8. The topological polar surface area (TPSA) is 69.6 Å². The molecule has 2 N–H and O–H groups in total. The molecule has 1 amide bonds. The van der Waals surface area contributed by atoms with Crippen LogP contribution in [-0.2, 0) is 16.0 Å². The minimum Gasteiger partial charge on any atom is -0.480 e. The van der Waals surface area contributed by atoms with Crippen LogP contribution in [0.1, 0.15) is 18.9 Å². The molecule has 0 saturated heterocycles. The highest BCUT2D eigenvalue weighted by molar-refractivity contribution is 5.84. The lowest BCUT2D eigenvalue weighted by Crippen LogP contribution is -2.46. The van der Waals surface area contributed by atoms with Gasteiger partial charge in [0.2, 0.25) is 5.91 Å². The molecular formula is C15H22N2O3. The van der Waals surface area contributed by atoms with Crippen LogP contribution in [0.15, 0.2) is 30.3 Å². The predicted molar refractivity (Wildman–Crippen MR) is 77.5 cm³/mol. The third kappa shape index (κ3) is 5.84. The fraction of sp³-hybridized carbons (Fsp3) is 0.467. The first kappa shape index (κ1) is 16.2. The standard InChI is InChI=1S/C15H22N2O3/c1-3-9-17(2)11-14(18)16-13(15(19)20)10-12-7-5-4-6-8-12/h4-8,13H,3,9-11H2,1-2H3,(H,16,18)(H,19,20)/t13-/m1/s1. The zero-order valence-electron chi connectivity index (χ0n) is 12.0. The molecule has 0 aliphatic rings. The lowest BCUT2D eigenvalue weighted by atomic mass is 10.1. The highest BCUT2D eigenvalue weighted by atomic mass is 16.4. The van der Waals surface area contributed by atoms with Crippen molar-refractivity contribution >= 4 is 11.9 Å². The van der Waals surface area contributed by atoms with Gasteiger partial charge in [0.05, 0.1) is 6.54 Å². The number of carbonyl (C=O) groups excluding carboxylic acids is 1. The molecule has 5 heteroatoms. The number of aliphatic carboxylic acids is 1. The number of amides is 1. The molecule has 0 unspecified atom stereocenters. The molecule has 1 atom stereocenters. The van der Waals surface area contributed by atoms with Crippen molar-refractivity contribution in [2.75, 3.05) is 20.1 Å². The molecule has 0 aromatic heterocycles. The Morgan fingerprint density at radius 2 is 1.95 bits per heavy atom. The fourth-order valence-corrected chi connectivity index (χ4v) is 2.00. The summed E-state index contributed by atoms with van der Waals surface area (Å²) < 4.78 is 0. The Kier molecular flexibility index (Phi) is 6.73. The maximum Gasteiger partial charge on any atom is 0.326 e. The summed E-state index contributed by atoms with van der Waals surface area (Å²) in [5.41, 5.74) is 0.891. The first-order valence-corrected chi connectivity index (χ1v) is 6.77. The van der Waals surface area contributed by atoms with E-state index in [9.17, 15) is 14.7 Å². The van der Waals surface area contributed by atoms with Crippen LogP contribution >= 0.6 is 0 Å². The summed E-state index contributed by atoms with van der Waals surface area (Å²) in [5, 5.41) is 11.8. The molecular weight excluding hydrogens is 256 g/mol. The average Bonchev–Trinajstić information content (AvgIpc) is 2.39. The van der Waals surface area contributed by atoms with Crippen molar-refractivity contribution in [3.63, 3.8) is 0 Å². The molecule has 0 saturated carbocycles. The largest absolute Gasteiger partial charge is 0.480 e. The highest BCUT2D eigenvalue weighted by Crippen LogP contribution is 2.03. The molecule has 1 aromatic carbocycles. The maximum absolute atomic E-state index is 11.8. The van der Waals surface area contributed by atoms with E-state index in [0.717, 1.165) is 18.5 Å². The SMILES string of the molecule is CCCN(C)CC(=O)N[C@H](Cc1ccccc1)C(=O)O. The normalized spacial score (nSPS) is 12.2. The molecule has 5 nitrogen and oxygen atoms in total. The minimum atomic E-state index is -1.01. The molecule has 0 aliphatic carbocycles. The van der Waals surface area contributed by atoms with Gasteiger partial charge in [0.15, 0.2) is 0 Å². The Morgan fingerprint density at radius 3 is 2.50 bits per heavy atom. The van der Waals surface area contributed by atoms with Gasteiger partial charge in [0.25, 0.3) is 0 Å². The third-order valence-electron chi connectivity index (χ3n) is 2.93. The van der Waals surface area contributed by atoms with Gasteiger partial charge < -0.3 is 10.4 Å². The number of benzene rings is 1. The van der Waals surface area contributed by atoms with E-state index in [1.54, 1.807) is 0 Å². The number of carboxylic acids is 1. The van der Waals surface area contributed by atoms with Crippen LogP contribution in [-0.4, -0.2) is 48.1 Å². The smallest absolute Gasteiger partial charge is 0.326 e. The van der Waals surface area contributed by atoms with Crippen LogP contribution in [0.25, 0.3) is 0 Å². The lowest BCUT2D eigenvalue weighted by molar-refractivity contribution is -0.141. The van der Waals surface area contributed by atoms with Crippen molar-refractivity contribution in [3.8, 4) is 0 Å². The van der Waals surface area contributed by atoms with Gasteiger partial charge >= 0.3 is 5.97 Å². The molecule has 110 valence electrons. The molecule has 0 spiro atoms. The van der Waals surface area contributed by atoms with Crippen molar-refractivity contribution in [1.82, 2.24) is 10.2 Å². The number of likely N-dealkylation sites (N-methyl/N-ethyl adjacent to an activating group) is 1. The average molecular weight is 278 g/mol. The van der Waals surface area contributed by atoms with E-state index in [0.29, 0.717) is 6.42 Å². The van der Waals surface area contributed by atoms with Crippen molar-refractivity contribution in [2.45, 2.75) is 25.8 Å². The molecule has 0 heterocycles. The highest BCUT2D eigenvalue weighted by Gasteiger charge is 2.20. The van der Waals surface area contributed by atoms with Crippen molar-refractivity contribution in [3.05, 3.63) is 35.9 Å². The molecule has 0 aliphatic heterocycles. The number of nitrogens with one attached hydrogen (secondary N) is 1. The Morgan fingerprint density at radius 1 is 1.30 bits per heavy atom. The van der Waals surface area contributed by atoms with Crippen LogP contribution in [0.3, 0.4) is 0 Å². The monoisotopic (exact) mass is 278 g/mol. The summed E-state index contributed by atoms with van der Waals surface area (Å²) in [6.45, 7) is 3.06. The number of hydrogen-bond donors (Lipinski definition) is 2. The van der Waals surface area contributed by atoms with Gasteiger partial charge in [-0.05, 0) is 25.6 Å². The maximum atomic E-state index is 11.8. The summed E-state index contributed by atoms with van der Waals surface area (Å²) in [7, 11) is 1.84. The third-order valence-corrected chi connectivity index (χ3v) is 2.93. The van der Waals surface area contributed by atoms with E-state index < -0.39 is 12.0 Å². The molecule has 0 bridgehead atoms. The van der Waals surface area contributed by atoms with Gasteiger partial charge in [-0.3, -0.25) is 9.69 Å². The second-order valence-corrected chi connectivity index (χ2v) is 4.89.